The summed E-state index contributed by atoms with van der Waals surface area (Å²) in [6.45, 7) is 0. The first kappa shape index (κ1) is 21.1. The van der Waals surface area contributed by atoms with Gasteiger partial charge in [0.1, 0.15) is 10.7 Å². The van der Waals surface area contributed by atoms with Crippen LogP contribution in [0.3, 0.4) is 0 Å². The van der Waals surface area contributed by atoms with E-state index in [1.54, 1.807) is 35.7 Å². The average Bonchev–Trinajstić information content (AvgIpc) is 3.24. The molecule has 4 rings (SSSR count). The molecular weight excluding hydrogens is 450 g/mol. The molecule has 0 unspecified atom stereocenters. The zero-order chi connectivity index (χ0) is 21.8. The second kappa shape index (κ2) is 9.34. The van der Waals surface area contributed by atoms with Crippen molar-refractivity contribution in [1.82, 2.24) is 4.98 Å². The van der Waals surface area contributed by atoms with E-state index in [-0.39, 0.29) is 11.8 Å². The van der Waals surface area contributed by atoms with Crippen LogP contribution in [-0.4, -0.2) is 16.8 Å². The maximum atomic E-state index is 12.7. The number of halogens is 1. The quantitative estimate of drug-likeness (QED) is 0.305. The van der Waals surface area contributed by atoms with E-state index in [1.807, 2.05) is 36.4 Å². The number of carbonyl (C=O) groups is 2. The fourth-order valence-corrected chi connectivity index (χ4v) is 4.07. The van der Waals surface area contributed by atoms with Gasteiger partial charge in [0.25, 0.3) is 11.8 Å². The third kappa shape index (κ3) is 4.96. The van der Waals surface area contributed by atoms with Crippen molar-refractivity contribution in [3.63, 3.8) is 0 Å². The number of benzene rings is 2. The van der Waals surface area contributed by atoms with E-state index >= 15 is 0 Å². The second-order valence-electron chi connectivity index (χ2n) is 6.53. The summed E-state index contributed by atoms with van der Waals surface area (Å²) in [5.41, 5.74) is 2.88. The molecule has 0 aliphatic heterocycles. The lowest BCUT2D eigenvalue weighted by Gasteiger charge is -2.09. The van der Waals surface area contributed by atoms with Gasteiger partial charge in [-0.2, -0.15) is 0 Å². The minimum atomic E-state index is -0.360. The molecule has 0 aliphatic rings. The second-order valence-corrected chi connectivity index (χ2v) is 8.36. The molecule has 154 valence electrons. The molecule has 4 aromatic rings. The van der Waals surface area contributed by atoms with E-state index < -0.39 is 0 Å². The van der Waals surface area contributed by atoms with E-state index in [0.29, 0.717) is 27.0 Å². The minimum absolute atomic E-state index is 0.303. The van der Waals surface area contributed by atoms with Gasteiger partial charge in [-0.1, -0.05) is 41.9 Å². The summed E-state index contributed by atoms with van der Waals surface area (Å²) in [5.74, 6) is -0.288. The molecule has 2 aromatic heterocycles. The number of amides is 2. The van der Waals surface area contributed by atoms with Crippen LogP contribution in [0.1, 0.15) is 20.0 Å². The molecule has 0 spiro atoms. The van der Waals surface area contributed by atoms with Gasteiger partial charge in [0.15, 0.2) is 0 Å². The molecule has 0 aliphatic carbocycles. The Hall–Kier alpha value is -3.13. The molecule has 0 radical (unpaired) electrons. The molecule has 2 aromatic carbocycles. The Morgan fingerprint density at radius 3 is 2.39 bits per heavy atom. The van der Waals surface area contributed by atoms with Crippen molar-refractivity contribution in [3.05, 3.63) is 93.8 Å². The van der Waals surface area contributed by atoms with Crippen LogP contribution < -0.4 is 10.6 Å². The van der Waals surface area contributed by atoms with Gasteiger partial charge in [0.05, 0.1) is 10.7 Å². The van der Waals surface area contributed by atoms with Crippen molar-refractivity contribution in [2.75, 3.05) is 10.6 Å². The fraction of sp³-hybridized carbons (Fsp3) is 0. The molecule has 2 heterocycles. The molecular formula is C23H16ClN3O2S2. The number of hydrogen-bond donors (Lipinski definition) is 3. The lowest BCUT2D eigenvalue weighted by atomic mass is 10.0. The highest BCUT2D eigenvalue weighted by atomic mass is 35.5. The van der Waals surface area contributed by atoms with Crippen molar-refractivity contribution in [2.24, 2.45) is 0 Å². The highest BCUT2D eigenvalue weighted by Crippen LogP contribution is 2.27. The Kier molecular flexibility index (Phi) is 6.36. The summed E-state index contributed by atoms with van der Waals surface area (Å²) in [5, 5.41) is 7.73. The summed E-state index contributed by atoms with van der Waals surface area (Å²) in [7, 11) is 0. The third-order valence-corrected chi connectivity index (χ3v) is 5.98. The summed E-state index contributed by atoms with van der Waals surface area (Å²) >= 11 is 11.5. The fourth-order valence-electron chi connectivity index (χ4n) is 2.92. The van der Waals surface area contributed by atoms with E-state index in [1.165, 1.54) is 17.5 Å². The van der Waals surface area contributed by atoms with Gasteiger partial charge in [0.2, 0.25) is 0 Å². The van der Waals surface area contributed by atoms with Crippen molar-refractivity contribution in [3.8, 4) is 11.1 Å². The molecule has 0 saturated carbocycles. The van der Waals surface area contributed by atoms with Crippen molar-refractivity contribution < 1.29 is 9.59 Å². The van der Waals surface area contributed by atoms with Gasteiger partial charge in [-0.3, -0.25) is 9.59 Å². The summed E-state index contributed by atoms with van der Waals surface area (Å²) in [4.78, 5) is 30.6. The van der Waals surface area contributed by atoms with Crippen LogP contribution in [0.15, 0.2) is 83.2 Å². The van der Waals surface area contributed by atoms with E-state index in [4.69, 9.17) is 11.6 Å². The minimum Gasteiger partial charge on any atom is -0.320 e. The van der Waals surface area contributed by atoms with Crippen LogP contribution in [0.4, 0.5) is 11.5 Å². The largest absolute Gasteiger partial charge is 0.320 e. The summed E-state index contributed by atoms with van der Waals surface area (Å²) < 4.78 is 0. The third-order valence-electron chi connectivity index (χ3n) is 4.45. The van der Waals surface area contributed by atoms with Gasteiger partial charge in [-0.15, -0.1) is 24.0 Å². The number of nitrogens with zero attached hydrogens (tertiary/aromatic N) is 1. The highest BCUT2D eigenvalue weighted by molar-refractivity contribution is 7.80. The van der Waals surface area contributed by atoms with Crippen molar-refractivity contribution in [1.29, 1.82) is 0 Å². The summed E-state index contributed by atoms with van der Waals surface area (Å²) in [6.07, 6.45) is 1.45. The SMILES string of the molecule is O=C(Nc1ccsc1C(=O)Nc1ccc(Cl)cn1)c1ccc(-c2ccccc2S)cc1. The van der Waals surface area contributed by atoms with E-state index in [9.17, 15) is 9.59 Å². The Morgan fingerprint density at radius 1 is 0.903 bits per heavy atom. The number of pyridine rings is 1. The normalized spacial score (nSPS) is 10.5. The van der Waals surface area contributed by atoms with Crippen LogP contribution >= 0.6 is 35.6 Å². The van der Waals surface area contributed by atoms with Gasteiger partial charge >= 0.3 is 0 Å². The van der Waals surface area contributed by atoms with Gasteiger partial charge in [-0.25, -0.2) is 4.98 Å². The average molecular weight is 466 g/mol. The molecule has 2 amide bonds. The first-order valence-corrected chi connectivity index (χ1v) is 10.9. The molecule has 8 heteroatoms. The van der Waals surface area contributed by atoms with Crippen LogP contribution in [-0.2, 0) is 0 Å². The highest BCUT2D eigenvalue weighted by Gasteiger charge is 2.17. The van der Waals surface area contributed by atoms with Crippen LogP contribution in [0, 0.1) is 0 Å². The number of thiol groups is 1. The van der Waals surface area contributed by atoms with Crippen LogP contribution in [0.25, 0.3) is 11.1 Å². The molecule has 0 saturated heterocycles. The number of anilines is 2. The van der Waals surface area contributed by atoms with Gasteiger partial charge in [0, 0.05) is 16.7 Å². The van der Waals surface area contributed by atoms with Crippen LogP contribution in [0.5, 0.6) is 0 Å². The van der Waals surface area contributed by atoms with E-state index in [0.717, 1.165) is 16.0 Å². The maximum absolute atomic E-state index is 12.7. The summed E-state index contributed by atoms with van der Waals surface area (Å²) in [6, 6.07) is 19.9. The molecule has 31 heavy (non-hydrogen) atoms. The number of rotatable bonds is 5. The standard InChI is InChI=1S/C23H16ClN3O2S2/c24-16-9-10-20(25-13-16)27-23(29)21-18(11-12-31-21)26-22(28)15-7-5-14(6-8-15)17-3-1-2-4-19(17)30/h1-13,30H,(H,26,28)(H,25,27,29). The Morgan fingerprint density at radius 2 is 1.68 bits per heavy atom. The number of aromatic nitrogens is 1. The van der Waals surface area contributed by atoms with E-state index in [2.05, 4.69) is 28.2 Å². The predicted molar refractivity (Wildman–Crippen MR) is 129 cm³/mol. The smallest absolute Gasteiger partial charge is 0.269 e. The number of thiophene rings is 1. The number of nitrogens with one attached hydrogen (secondary N) is 2. The Labute approximate surface area is 193 Å². The lowest BCUT2D eigenvalue weighted by Crippen LogP contribution is -2.17. The zero-order valence-corrected chi connectivity index (χ0v) is 18.5. The van der Waals surface area contributed by atoms with Crippen molar-refractivity contribution >= 4 is 58.9 Å². The predicted octanol–water partition coefficient (Wildman–Crippen LogP) is 6.26. The van der Waals surface area contributed by atoms with Crippen LogP contribution in [0.2, 0.25) is 5.02 Å². The number of carbonyl (C=O) groups excluding carboxylic acids is 2. The number of hydrogen-bond acceptors (Lipinski definition) is 5. The molecule has 0 fully saturated rings. The van der Waals surface area contributed by atoms with Gasteiger partial charge < -0.3 is 10.6 Å². The lowest BCUT2D eigenvalue weighted by molar-refractivity contribution is 0.102. The Bertz CT molecular complexity index is 1240. The molecule has 0 bridgehead atoms. The molecule has 0 atom stereocenters. The first-order chi connectivity index (χ1) is 15.0. The Balaban J connectivity index is 1.47. The van der Waals surface area contributed by atoms with Gasteiger partial charge in [-0.05, 0) is 52.9 Å². The topological polar surface area (TPSA) is 71.1 Å². The van der Waals surface area contributed by atoms with Crippen molar-refractivity contribution in [2.45, 2.75) is 4.90 Å². The zero-order valence-electron chi connectivity index (χ0n) is 16.0. The molecule has 5 nitrogen and oxygen atoms in total. The monoisotopic (exact) mass is 465 g/mol. The maximum Gasteiger partial charge on any atom is 0.269 e. The first-order valence-electron chi connectivity index (χ1n) is 9.21. The molecule has 2 N–H and O–H groups in total.